The predicted molar refractivity (Wildman–Crippen MR) is 178 cm³/mol. The molecule has 3 aromatic rings. The molecule has 1 unspecified atom stereocenters. The fraction of sp³-hybridized carbons (Fsp3) is 0.353. The number of methoxy groups -OCH3 is 1. The highest BCUT2D eigenvalue weighted by Crippen LogP contribution is 2.29. The van der Waals surface area contributed by atoms with Gasteiger partial charge in [0, 0.05) is 56.5 Å². The minimum absolute atomic E-state index is 0.0169. The van der Waals surface area contributed by atoms with Crippen LogP contribution in [0.5, 0.6) is 5.75 Å². The molecule has 0 saturated carbocycles. The van der Waals surface area contributed by atoms with E-state index >= 15 is 0 Å². The monoisotopic (exact) mass is 653 g/mol. The van der Waals surface area contributed by atoms with Crippen LogP contribution < -0.4 is 9.64 Å². The molecule has 12 heteroatoms. The molecule has 0 aromatic heterocycles. The summed E-state index contributed by atoms with van der Waals surface area (Å²) in [5.74, 6) is 2.49. The Morgan fingerprint density at radius 2 is 1.72 bits per heavy atom. The van der Waals surface area contributed by atoms with Crippen LogP contribution in [0.15, 0.2) is 89.1 Å². The second-order valence-electron chi connectivity index (χ2n) is 10.8. The summed E-state index contributed by atoms with van der Waals surface area (Å²) in [6, 6.07) is 21.7. The van der Waals surface area contributed by atoms with Crippen LogP contribution in [0, 0.1) is 0 Å². The lowest BCUT2D eigenvalue weighted by atomic mass is 10.1. The van der Waals surface area contributed by atoms with Crippen molar-refractivity contribution in [3.63, 3.8) is 0 Å². The number of benzene rings is 3. The summed E-state index contributed by atoms with van der Waals surface area (Å²) in [5.41, 5.74) is 1.42. The molecule has 1 aliphatic rings. The van der Waals surface area contributed by atoms with Crippen LogP contribution in [0.3, 0.4) is 0 Å². The van der Waals surface area contributed by atoms with E-state index in [-0.39, 0.29) is 23.4 Å². The Morgan fingerprint density at radius 1 is 1.02 bits per heavy atom. The number of alkyl halides is 3. The van der Waals surface area contributed by atoms with E-state index < -0.39 is 11.7 Å². The van der Waals surface area contributed by atoms with E-state index in [1.54, 1.807) is 28.7 Å². The van der Waals surface area contributed by atoms with Crippen molar-refractivity contribution >= 4 is 41.8 Å². The number of carbonyl (C=O) groups excluding carboxylic acids is 2. The third-order valence-electron chi connectivity index (χ3n) is 7.69. The number of rotatable bonds is 12. The Bertz CT molecular complexity index is 1480. The van der Waals surface area contributed by atoms with Crippen LogP contribution in [0.4, 0.5) is 18.9 Å². The van der Waals surface area contributed by atoms with Crippen molar-refractivity contribution in [2.75, 3.05) is 43.3 Å². The first-order valence-corrected chi connectivity index (χ1v) is 16.1. The van der Waals surface area contributed by atoms with Gasteiger partial charge in [-0.05, 0) is 73.2 Å². The molecular weight excluding hydrogens is 615 g/mol. The number of hydrogen-bond donors (Lipinski definition) is 0. The minimum Gasteiger partial charge on any atom is -0.497 e. The van der Waals surface area contributed by atoms with Gasteiger partial charge in [0.1, 0.15) is 11.6 Å². The second kappa shape index (κ2) is 16.3. The first-order chi connectivity index (χ1) is 22.1. The van der Waals surface area contributed by atoms with Crippen molar-refractivity contribution in [3.8, 4) is 5.75 Å². The van der Waals surface area contributed by atoms with E-state index in [2.05, 4.69) is 21.8 Å². The normalized spacial score (nSPS) is 15.4. The van der Waals surface area contributed by atoms with E-state index in [1.807, 2.05) is 61.5 Å². The molecule has 1 aliphatic heterocycles. The molecule has 0 aliphatic carbocycles. The number of ether oxygens (including phenoxy) is 1. The van der Waals surface area contributed by atoms with Gasteiger partial charge in [-0.1, -0.05) is 30.3 Å². The quantitative estimate of drug-likeness (QED) is 0.0722. The molecule has 1 saturated heterocycles. The van der Waals surface area contributed by atoms with Crippen molar-refractivity contribution in [2.45, 2.75) is 38.4 Å². The van der Waals surface area contributed by atoms with Crippen LogP contribution in [0.25, 0.3) is 0 Å². The Hall–Kier alpha value is -4.32. The van der Waals surface area contributed by atoms with E-state index in [1.165, 1.54) is 12.1 Å². The first kappa shape index (κ1) is 34.6. The summed E-state index contributed by atoms with van der Waals surface area (Å²) in [4.78, 5) is 31.5. The van der Waals surface area contributed by atoms with Gasteiger partial charge in [-0.2, -0.15) is 18.3 Å². The molecule has 1 atom stereocenters. The number of hydrogen-bond acceptors (Lipinski definition) is 6. The molecule has 46 heavy (non-hydrogen) atoms. The zero-order valence-electron chi connectivity index (χ0n) is 25.9. The number of anilines is 1. The summed E-state index contributed by atoms with van der Waals surface area (Å²) >= 11 is 1.68. The maximum absolute atomic E-state index is 13.0. The van der Waals surface area contributed by atoms with Gasteiger partial charge in [-0.25, -0.2) is 0 Å². The van der Waals surface area contributed by atoms with Gasteiger partial charge in [0.05, 0.1) is 18.6 Å². The SMILES string of the molecule is C=N/N=C(/Cc1ccccc1)N(CSCCCC(=O)N1CCN(C(=O)c2ccc(C(F)(F)F)cc2)C(C)C1)c1ccc(OC)cc1. The molecule has 0 spiro atoms. The molecule has 1 fully saturated rings. The summed E-state index contributed by atoms with van der Waals surface area (Å²) < 4.78 is 44.0. The van der Waals surface area contributed by atoms with Crippen molar-refractivity contribution in [1.29, 1.82) is 0 Å². The maximum Gasteiger partial charge on any atom is 0.416 e. The fourth-order valence-corrected chi connectivity index (χ4v) is 6.16. The van der Waals surface area contributed by atoms with Crippen molar-refractivity contribution in [3.05, 3.63) is 95.6 Å². The summed E-state index contributed by atoms with van der Waals surface area (Å²) in [6.45, 7) is 6.49. The third kappa shape index (κ3) is 9.35. The predicted octanol–water partition coefficient (Wildman–Crippen LogP) is 6.62. The number of thioether (sulfide) groups is 1. The van der Waals surface area contributed by atoms with Gasteiger partial charge in [-0.3, -0.25) is 9.59 Å². The number of halogens is 3. The van der Waals surface area contributed by atoms with Gasteiger partial charge in [-0.15, -0.1) is 16.9 Å². The lowest BCUT2D eigenvalue weighted by Crippen LogP contribution is -2.55. The van der Waals surface area contributed by atoms with Crippen molar-refractivity contribution in [1.82, 2.24) is 9.80 Å². The molecule has 0 N–H and O–H groups in total. The first-order valence-electron chi connectivity index (χ1n) is 14.9. The Labute approximate surface area is 271 Å². The smallest absolute Gasteiger partial charge is 0.416 e. The van der Waals surface area contributed by atoms with Gasteiger partial charge in [0.25, 0.3) is 5.91 Å². The van der Waals surface area contributed by atoms with Crippen LogP contribution >= 0.6 is 11.8 Å². The van der Waals surface area contributed by atoms with E-state index in [0.29, 0.717) is 44.8 Å². The van der Waals surface area contributed by atoms with Crippen molar-refractivity contribution in [2.24, 2.45) is 10.2 Å². The van der Waals surface area contributed by atoms with Crippen molar-refractivity contribution < 1.29 is 27.5 Å². The van der Waals surface area contributed by atoms with Crippen LogP contribution in [0.2, 0.25) is 0 Å². The average Bonchev–Trinajstić information content (AvgIpc) is 3.06. The Balaban J connectivity index is 1.29. The Kier molecular flexibility index (Phi) is 12.2. The van der Waals surface area contributed by atoms with Gasteiger partial charge < -0.3 is 19.4 Å². The molecule has 3 aromatic carbocycles. The molecule has 244 valence electrons. The highest BCUT2D eigenvalue weighted by Gasteiger charge is 2.32. The summed E-state index contributed by atoms with van der Waals surface area (Å²) in [7, 11) is 1.62. The molecule has 1 heterocycles. The number of piperazine rings is 1. The molecule has 0 bridgehead atoms. The standard InChI is InChI=1S/C34H38F3N5O3S/c1-25-23-40(19-20-41(25)33(44)27-11-13-28(14-12-27)34(35,36)37)32(43)10-7-21-46-24-42(29-15-17-30(45-3)18-16-29)31(39-38-2)22-26-8-5-4-6-9-26/h4-6,8-9,11-18,25H,2,7,10,19-24H2,1,3H3/b39-31-. The topological polar surface area (TPSA) is 77.8 Å². The molecule has 4 rings (SSSR count). The lowest BCUT2D eigenvalue weighted by molar-refractivity contribution is -0.137. The molecule has 8 nitrogen and oxygen atoms in total. The van der Waals surface area contributed by atoms with Gasteiger partial charge in [0.2, 0.25) is 5.91 Å². The van der Waals surface area contributed by atoms with Gasteiger partial charge in [0.15, 0.2) is 0 Å². The highest BCUT2D eigenvalue weighted by molar-refractivity contribution is 7.99. The lowest BCUT2D eigenvalue weighted by Gasteiger charge is -2.40. The average molecular weight is 654 g/mol. The third-order valence-corrected chi connectivity index (χ3v) is 8.70. The van der Waals surface area contributed by atoms with Gasteiger partial charge >= 0.3 is 6.18 Å². The zero-order chi connectivity index (χ0) is 33.1. The van der Waals surface area contributed by atoms with E-state index in [0.717, 1.165) is 40.7 Å². The molecule has 2 amide bonds. The minimum atomic E-state index is -4.46. The molecule has 0 radical (unpaired) electrons. The largest absolute Gasteiger partial charge is 0.497 e. The fourth-order valence-electron chi connectivity index (χ4n) is 5.20. The second-order valence-corrected chi connectivity index (χ2v) is 11.9. The summed E-state index contributed by atoms with van der Waals surface area (Å²) in [5, 5.41) is 8.19. The molecular formula is C34H38F3N5O3S. The van der Waals surface area contributed by atoms with E-state index in [4.69, 9.17) is 4.74 Å². The summed E-state index contributed by atoms with van der Waals surface area (Å²) in [6.07, 6.45) is -2.85. The maximum atomic E-state index is 13.0. The van der Waals surface area contributed by atoms with E-state index in [9.17, 15) is 22.8 Å². The van der Waals surface area contributed by atoms with Crippen LogP contribution in [-0.4, -0.2) is 78.6 Å². The highest BCUT2D eigenvalue weighted by atomic mass is 32.2. The Morgan fingerprint density at radius 3 is 2.33 bits per heavy atom. The van der Waals surface area contributed by atoms with Crippen LogP contribution in [0.1, 0.15) is 41.3 Å². The zero-order valence-corrected chi connectivity index (χ0v) is 26.8. The number of nitrogens with zero attached hydrogens (tertiary/aromatic N) is 5. The number of amides is 2. The number of amidine groups is 1. The van der Waals surface area contributed by atoms with Crippen LogP contribution in [-0.2, 0) is 17.4 Å². The number of carbonyl (C=O) groups is 2.